The van der Waals surface area contributed by atoms with Crippen LogP contribution in [0.25, 0.3) is 0 Å². The van der Waals surface area contributed by atoms with Crippen molar-refractivity contribution in [1.29, 1.82) is 0 Å². The van der Waals surface area contributed by atoms with Gasteiger partial charge in [0.25, 0.3) is 0 Å². The maximum atomic E-state index is 10.6. The molecule has 0 radical (unpaired) electrons. The number of aliphatic carboxylic acids is 1. The first-order valence-corrected chi connectivity index (χ1v) is 7.06. The molecule has 0 saturated carbocycles. The van der Waals surface area contributed by atoms with Crippen molar-refractivity contribution in [3.8, 4) is 5.75 Å². The average molecular weight is 328 g/mol. The number of carbonyl (C=O) groups is 1. The lowest BCUT2D eigenvalue weighted by atomic mass is 9.96. The van der Waals surface area contributed by atoms with Gasteiger partial charge in [-0.05, 0) is 53.4 Å². The Morgan fingerprint density at radius 3 is 2.89 bits per heavy atom. The van der Waals surface area contributed by atoms with Crippen LogP contribution in [0, 0.1) is 0 Å². The van der Waals surface area contributed by atoms with Gasteiger partial charge in [-0.15, -0.1) is 0 Å². The van der Waals surface area contributed by atoms with Crippen molar-refractivity contribution in [3.63, 3.8) is 0 Å². The van der Waals surface area contributed by atoms with Crippen LogP contribution in [0.15, 0.2) is 16.6 Å². The number of carboxylic acid groups (broad SMARTS) is 1. The Kier molecular flexibility index (Phi) is 3.87. The molecule has 104 valence electrons. The van der Waals surface area contributed by atoms with E-state index in [4.69, 9.17) is 15.6 Å². The standard InChI is InChI=1S/C14H18BrNO3/c1-14(2)7-9-5-8(6-10(15)13(9)19-14)11(16)3-4-12(17)18/h5-6,11H,3-4,7,16H2,1-2H3,(H,17,18). The number of carboxylic acids is 1. The Bertz CT molecular complexity index is 514. The number of fused-ring (bicyclic) bond motifs is 1. The summed E-state index contributed by atoms with van der Waals surface area (Å²) in [5.74, 6) is 0.0549. The quantitative estimate of drug-likeness (QED) is 0.891. The van der Waals surface area contributed by atoms with Crippen LogP contribution in [0.2, 0.25) is 0 Å². The minimum Gasteiger partial charge on any atom is -0.486 e. The van der Waals surface area contributed by atoms with E-state index in [1.165, 1.54) is 0 Å². The molecule has 1 aromatic carbocycles. The molecule has 1 atom stereocenters. The summed E-state index contributed by atoms with van der Waals surface area (Å²) < 4.78 is 6.76. The molecule has 1 aliphatic rings. The number of rotatable bonds is 4. The molecule has 1 aromatic rings. The van der Waals surface area contributed by atoms with Gasteiger partial charge in [0.2, 0.25) is 0 Å². The van der Waals surface area contributed by atoms with Crippen LogP contribution >= 0.6 is 15.9 Å². The minimum atomic E-state index is -0.819. The third-order valence-corrected chi connectivity index (χ3v) is 3.82. The molecule has 0 fully saturated rings. The van der Waals surface area contributed by atoms with Gasteiger partial charge >= 0.3 is 5.97 Å². The number of ether oxygens (including phenoxy) is 1. The summed E-state index contributed by atoms with van der Waals surface area (Å²) in [6.07, 6.45) is 1.35. The molecule has 4 nitrogen and oxygen atoms in total. The van der Waals surface area contributed by atoms with E-state index in [9.17, 15) is 4.79 Å². The van der Waals surface area contributed by atoms with E-state index in [1.807, 2.05) is 26.0 Å². The van der Waals surface area contributed by atoms with Gasteiger partial charge in [0.05, 0.1) is 4.47 Å². The summed E-state index contributed by atoms with van der Waals surface area (Å²) >= 11 is 3.50. The van der Waals surface area contributed by atoms with Gasteiger partial charge in [0.1, 0.15) is 11.4 Å². The van der Waals surface area contributed by atoms with Gasteiger partial charge in [-0.3, -0.25) is 4.79 Å². The highest BCUT2D eigenvalue weighted by molar-refractivity contribution is 9.10. The minimum absolute atomic E-state index is 0.0812. The zero-order chi connectivity index (χ0) is 14.2. The maximum absolute atomic E-state index is 10.6. The molecule has 2 rings (SSSR count). The number of hydrogen-bond acceptors (Lipinski definition) is 3. The van der Waals surface area contributed by atoms with Gasteiger partial charge in [-0.25, -0.2) is 0 Å². The van der Waals surface area contributed by atoms with Crippen molar-refractivity contribution in [2.45, 2.75) is 44.8 Å². The van der Waals surface area contributed by atoms with E-state index in [1.54, 1.807) is 0 Å². The average Bonchev–Trinajstić information content (AvgIpc) is 2.60. The Labute approximate surface area is 121 Å². The number of nitrogens with two attached hydrogens (primary N) is 1. The van der Waals surface area contributed by atoms with E-state index in [0.29, 0.717) is 6.42 Å². The zero-order valence-electron chi connectivity index (χ0n) is 11.1. The summed E-state index contributed by atoms with van der Waals surface area (Å²) in [5, 5.41) is 8.70. The van der Waals surface area contributed by atoms with Crippen molar-refractivity contribution in [3.05, 3.63) is 27.7 Å². The summed E-state index contributed by atoms with van der Waals surface area (Å²) in [6, 6.07) is 3.69. The molecule has 19 heavy (non-hydrogen) atoms. The van der Waals surface area contributed by atoms with Crippen molar-refractivity contribution < 1.29 is 14.6 Å². The lowest BCUT2D eigenvalue weighted by Crippen LogP contribution is -2.24. The van der Waals surface area contributed by atoms with Crippen molar-refractivity contribution in [2.24, 2.45) is 5.73 Å². The molecule has 3 N–H and O–H groups in total. The van der Waals surface area contributed by atoms with E-state index in [2.05, 4.69) is 15.9 Å². The molecule has 1 aliphatic heterocycles. The predicted molar refractivity (Wildman–Crippen MR) is 76.4 cm³/mol. The molecule has 0 saturated heterocycles. The fourth-order valence-corrected chi connectivity index (χ4v) is 2.95. The second-order valence-electron chi connectivity index (χ2n) is 5.57. The molecule has 0 aliphatic carbocycles. The topological polar surface area (TPSA) is 72.6 Å². The normalized spacial score (nSPS) is 17.7. The predicted octanol–water partition coefficient (Wildman–Crippen LogP) is 3.03. The SMILES string of the molecule is CC1(C)Cc2cc(C(N)CCC(=O)O)cc(Br)c2O1. The van der Waals surface area contributed by atoms with Gasteiger partial charge in [-0.2, -0.15) is 0 Å². The first-order valence-electron chi connectivity index (χ1n) is 6.27. The monoisotopic (exact) mass is 327 g/mol. The molecule has 0 amide bonds. The fourth-order valence-electron chi connectivity index (χ4n) is 2.35. The third-order valence-electron chi connectivity index (χ3n) is 3.23. The molecule has 1 heterocycles. The van der Waals surface area contributed by atoms with E-state index in [0.717, 1.165) is 27.8 Å². The Hall–Kier alpha value is -1.07. The largest absolute Gasteiger partial charge is 0.486 e. The van der Waals surface area contributed by atoms with Crippen LogP contribution in [0.4, 0.5) is 0 Å². The Balaban J connectivity index is 2.21. The van der Waals surface area contributed by atoms with Crippen LogP contribution in [0.3, 0.4) is 0 Å². The fraction of sp³-hybridized carbons (Fsp3) is 0.500. The lowest BCUT2D eigenvalue weighted by Gasteiger charge is -2.17. The zero-order valence-corrected chi connectivity index (χ0v) is 12.7. The Morgan fingerprint density at radius 2 is 2.26 bits per heavy atom. The lowest BCUT2D eigenvalue weighted by molar-refractivity contribution is -0.137. The highest BCUT2D eigenvalue weighted by Crippen LogP contribution is 2.42. The first kappa shape index (κ1) is 14.3. The van der Waals surface area contributed by atoms with E-state index >= 15 is 0 Å². The summed E-state index contributed by atoms with van der Waals surface area (Å²) in [6.45, 7) is 4.09. The third kappa shape index (κ3) is 3.28. The second-order valence-corrected chi connectivity index (χ2v) is 6.42. The van der Waals surface area contributed by atoms with Gasteiger partial charge in [-0.1, -0.05) is 6.07 Å². The summed E-state index contributed by atoms with van der Waals surface area (Å²) in [7, 11) is 0. The van der Waals surface area contributed by atoms with Crippen LogP contribution in [-0.4, -0.2) is 16.7 Å². The first-order chi connectivity index (χ1) is 8.78. The van der Waals surface area contributed by atoms with E-state index in [-0.39, 0.29) is 18.1 Å². The second kappa shape index (κ2) is 5.13. The van der Waals surface area contributed by atoms with E-state index < -0.39 is 5.97 Å². The van der Waals surface area contributed by atoms with Crippen molar-refractivity contribution in [1.82, 2.24) is 0 Å². The summed E-state index contributed by atoms with van der Waals surface area (Å²) in [4.78, 5) is 10.6. The van der Waals surface area contributed by atoms with Crippen LogP contribution in [0.1, 0.15) is 43.9 Å². The van der Waals surface area contributed by atoms with Crippen LogP contribution < -0.4 is 10.5 Å². The summed E-state index contributed by atoms with van der Waals surface area (Å²) in [5.41, 5.74) is 7.93. The Morgan fingerprint density at radius 1 is 1.58 bits per heavy atom. The molecule has 5 heteroatoms. The molecule has 0 bridgehead atoms. The van der Waals surface area contributed by atoms with Gasteiger partial charge in [0, 0.05) is 18.9 Å². The number of hydrogen-bond donors (Lipinski definition) is 2. The van der Waals surface area contributed by atoms with Gasteiger partial charge in [0.15, 0.2) is 0 Å². The van der Waals surface area contributed by atoms with Gasteiger partial charge < -0.3 is 15.6 Å². The number of benzene rings is 1. The van der Waals surface area contributed by atoms with Crippen molar-refractivity contribution >= 4 is 21.9 Å². The molecular weight excluding hydrogens is 310 g/mol. The van der Waals surface area contributed by atoms with Crippen molar-refractivity contribution in [2.75, 3.05) is 0 Å². The molecule has 0 aromatic heterocycles. The highest BCUT2D eigenvalue weighted by atomic mass is 79.9. The molecular formula is C14H18BrNO3. The van der Waals surface area contributed by atoms with Crippen LogP contribution in [-0.2, 0) is 11.2 Å². The maximum Gasteiger partial charge on any atom is 0.303 e. The van der Waals surface area contributed by atoms with Crippen LogP contribution in [0.5, 0.6) is 5.75 Å². The smallest absolute Gasteiger partial charge is 0.303 e. The number of halogens is 1. The molecule has 0 spiro atoms. The highest BCUT2D eigenvalue weighted by Gasteiger charge is 2.32. The molecule has 1 unspecified atom stereocenters.